The maximum Gasteiger partial charge on any atom is 0.339 e. The fourth-order valence-corrected chi connectivity index (χ4v) is 5.91. The molecule has 1 saturated carbocycles. The van der Waals surface area contributed by atoms with Crippen molar-refractivity contribution in [1.82, 2.24) is 19.7 Å². The molecule has 0 bridgehead atoms. The molecule has 0 spiro atoms. The van der Waals surface area contributed by atoms with Crippen molar-refractivity contribution in [3.8, 4) is 0 Å². The molecule has 3 aliphatic rings. The second-order valence-corrected chi connectivity index (χ2v) is 9.86. The second-order valence-electron chi connectivity index (χ2n) is 9.86. The number of ether oxygens (including phenoxy) is 1. The molecule has 2 saturated heterocycles. The first-order valence-electron chi connectivity index (χ1n) is 12.5. The Bertz CT molecular complexity index is 881. The maximum atomic E-state index is 13.3. The van der Waals surface area contributed by atoms with Crippen molar-refractivity contribution in [2.24, 2.45) is 5.92 Å². The summed E-state index contributed by atoms with van der Waals surface area (Å²) in [5, 5.41) is 0. The molecule has 3 heterocycles. The van der Waals surface area contributed by atoms with Crippen LogP contribution in [0.3, 0.4) is 0 Å². The number of hydrogen-bond donors (Lipinski definition) is 1. The topological polar surface area (TPSA) is 85.9 Å². The van der Waals surface area contributed by atoms with E-state index in [1.807, 2.05) is 4.90 Å². The number of likely N-dealkylation sites (tertiary alicyclic amines) is 1. The highest BCUT2D eigenvalue weighted by atomic mass is 16.5. The van der Waals surface area contributed by atoms with Gasteiger partial charge in [-0.3, -0.25) is 14.5 Å². The van der Waals surface area contributed by atoms with E-state index in [-0.39, 0.29) is 17.7 Å². The van der Waals surface area contributed by atoms with Crippen LogP contribution in [-0.4, -0.2) is 89.9 Å². The highest BCUT2D eigenvalue weighted by Gasteiger charge is 2.35. The van der Waals surface area contributed by atoms with E-state index in [1.54, 1.807) is 18.7 Å². The van der Waals surface area contributed by atoms with Crippen LogP contribution in [0.25, 0.3) is 0 Å². The predicted octanol–water partition coefficient (Wildman–Crippen LogP) is 2.75. The maximum absolute atomic E-state index is 13.3. The molecule has 1 atom stereocenters. The fourth-order valence-electron chi connectivity index (χ4n) is 5.91. The smallest absolute Gasteiger partial charge is 0.339 e. The summed E-state index contributed by atoms with van der Waals surface area (Å²) in [6.45, 7) is 8.10. The SMILES string of the molecule is COC(=O)c1c(C)[nH]c(C(=O)N2CCC[C@H](C(=O)N3CCN(C4CCCCC4)CC3)C2)c1C. The van der Waals surface area contributed by atoms with Crippen LogP contribution in [0.1, 0.15) is 77.0 Å². The van der Waals surface area contributed by atoms with E-state index in [1.165, 1.54) is 39.2 Å². The first-order chi connectivity index (χ1) is 15.9. The van der Waals surface area contributed by atoms with Crippen molar-refractivity contribution in [3.63, 3.8) is 0 Å². The van der Waals surface area contributed by atoms with Crippen LogP contribution >= 0.6 is 0 Å². The van der Waals surface area contributed by atoms with Gasteiger partial charge in [-0.1, -0.05) is 19.3 Å². The van der Waals surface area contributed by atoms with Gasteiger partial charge in [0.05, 0.1) is 18.6 Å². The normalized spacial score (nSPS) is 22.9. The molecular weight excluding hydrogens is 420 g/mol. The van der Waals surface area contributed by atoms with Crippen LogP contribution in [-0.2, 0) is 9.53 Å². The summed E-state index contributed by atoms with van der Waals surface area (Å²) in [6.07, 6.45) is 8.24. The minimum absolute atomic E-state index is 0.148. The number of methoxy groups -OCH3 is 1. The van der Waals surface area contributed by atoms with Gasteiger partial charge in [0.1, 0.15) is 5.69 Å². The van der Waals surface area contributed by atoms with Crippen LogP contribution in [0.5, 0.6) is 0 Å². The molecule has 182 valence electrons. The lowest BCUT2D eigenvalue weighted by molar-refractivity contribution is -0.139. The summed E-state index contributed by atoms with van der Waals surface area (Å²) in [5.41, 5.74) is 2.07. The van der Waals surface area contributed by atoms with Crippen LogP contribution in [0.2, 0.25) is 0 Å². The Morgan fingerprint density at radius 2 is 1.58 bits per heavy atom. The van der Waals surface area contributed by atoms with Crippen molar-refractivity contribution < 1.29 is 19.1 Å². The number of amides is 2. The summed E-state index contributed by atoms with van der Waals surface area (Å²) in [7, 11) is 1.34. The third-order valence-corrected chi connectivity index (χ3v) is 7.82. The Balaban J connectivity index is 1.36. The fraction of sp³-hybridized carbons (Fsp3) is 0.720. The number of H-pyrrole nitrogens is 1. The average molecular weight is 459 g/mol. The van der Waals surface area contributed by atoms with E-state index in [9.17, 15) is 14.4 Å². The molecule has 0 aromatic carbocycles. The second kappa shape index (κ2) is 10.3. The largest absolute Gasteiger partial charge is 0.465 e. The van der Waals surface area contributed by atoms with Gasteiger partial charge in [0.2, 0.25) is 5.91 Å². The number of carbonyl (C=O) groups is 3. The number of rotatable bonds is 4. The number of aromatic amines is 1. The number of esters is 1. The van der Waals surface area contributed by atoms with Gasteiger partial charge in [0.25, 0.3) is 5.91 Å². The van der Waals surface area contributed by atoms with Crippen molar-refractivity contribution in [2.45, 2.75) is 64.8 Å². The summed E-state index contributed by atoms with van der Waals surface area (Å²) in [4.78, 5) is 48.1. The average Bonchev–Trinajstić information content (AvgIpc) is 3.17. The molecule has 1 aromatic rings. The number of carbonyl (C=O) groups excluding carboxylic acids is 3. The van der Waals surface area contributed by atoms with Crippen LogP contribution in [0.15, 0.2) is 0 Å². The summed E-state index contributed by atoms with van der Waals surface area (Å²) < 4.78 is 4.86. The van der Waals surface area contributed by atoms with E-state index >= 15 is 0 Å². The lowest BCUT2D eigenvalue weighted by Crippen LogP contribution is -2.55. The zero-order valence-corrected chi connectivity index (χ0v) is 20.3. The van der Waals surface area contributed by atoms with E-state index < -0.39 is 5.97 Å². The number of piperazine rings is 1. The van der Waals surface area contributed by atoms with E-state index in [0.29, 0.717) is 41.6 Å². The van der Waals surface area contributed by atoms with Crippen molar-refractivity contribution >= 4 is 17.8 Å². The Kier molecular flexibility index (Phi) is 7.41. The zero-order valence-electron chi connectivity index (χ0n) is 20.3. The molecule has 0 unspecified atom stereocenters. The first-order valence-corrected chi connectivity index (χ1v) is 12.5. The zero-order chi connectivity index (χ0) is 23.5. The molecule has 0 radical (unpaired) electrons. The number of hydrogen-bond acceptors (Lipinski definition) is 5. The van der Waals surface area contributed by atoms with E-state index in [2.05, 4.69) is 9.88 Å². The molecule has 8 heteroatoms. The molecule has 2 aliphatic heterocycles. The molecule has 2 amide bonds. The number of aromatic nitrogens is 1. The van der Waals surface area contributed by atoms with Gasteiger partial charge in [-0.2, -0.15) is 0 Å². The van der Waals surface area contributed by atoms with Crippen LogP contribution in [0, 0.1) is 19.8 Å². The van der Waals surface area contributed by atoms with Gasteiger partial charge in [-0.05, 0) is 45.1 Å². The Morgan fingerprint density at radius 1 is 0.879 bits per heavy atom. The van der Waals surface area contributed by atoms with E-state index in [0.717, 1.165) is 39.0 Å². The standard InChI is InChI=1S/C25H38N4O4/c1-17-21(25(32)33-3)18(2)26-22(17)24(31)29-11-7-8-19(16-29)23(30)28-14-12-27(13-15-28)20-9-5-4-6-10-20/h19-20,26H,4-16H2,1-3H3/t19-/m0/s1. The quantitative estimate of drug-likeness (QED) is 0.702. The highest BCUT2D eigenvalue weighted by molar-refractivity contribution is 6.00. The molecular formula is C25H38N4O4. The molecule has 1 N–H and O–H groups in total. The highest BCUT2D eigenvalue weighted by Crippen LogP contribution is 2.26. The van der Waals surface area contributed by atoms with Crippen LogP contribution < -0.4 is 0 Å². The number of nitrogens with one attached hydrogen (secondary N) is 1. The number of aryl methyl sites for hydroxylation is 1. The monoisotopic (exact) mass is 458 g/mol. The van der Waals surface area contributed by atoms with Gasteiger partial charge in [0, 0.05) is 51.0 Å². The lowest BCUT2D eigenvalue weighted by atomic mass is 9.93. The molecule has 1 aromatic heterocycles. The third kappa shape index (κ3) is 4.95. The Hall–Kier alpha value is -2.35. The van der Waals surface area contributed by atoms with Crippen molar-refractivity contribution in [2.75, 3.05) is 46.4 Å². The minimum Gasteiger partial charge on any atom is -0.465 e. The Morgan fingerprint density at radius 3 is 2.24 bits per heavy atom. The number of piperidine rings is 1. The lowest BCUT2D eigenvalue weighted by Gasteiger charge is -2.42. The summed E-state index contributed by atoms with van der Waals surface area (Å²) in [5.74, 6) is -0.560. The molecule has 33 heavy (non-hydrogen) atoms. The summed E-state index contributed by atoms with van der Waals surface area (Å²) >= 11 is 0. The predicted molar refractivity (Wildman–Crippen MR) is 125 cm³/mol. The van der Waals surface area contributed by atoms with Gasteiger partial charge in [-0.25, -0.2) is 4.79 Å². The van der Waals surface area contributed by atoms with Gasteiger partial charge in [-0.15, -0.1) is 0 Å². The minimum atomic E-state index is -0.445. The molecule has 3 fully saturated rings. The third-order valence-electron chi connectivity index (χ3n) is 7.82. The molecule has 1 aliphatic carbocycles. The summed E-state index contributed by atoms with van der Waals surface area (Å²) in [6, 6.07) is 0.696. The number of nitrogens with zero attached hydrogens (tertiary/aromatic N) is 3. The molecule has 8 nitrogen and oxygen atoms in total. The van der Waals surface area contributed by atoms with Gasteiger partial charge < -0.3 is 19.5 Å². The van der Waals surface area contributed by atoms with Gasteiger partial charge in [0.15, 0.2) is 0 Å². The van der Waals surface area contributed by atoms with Crippen LogP contribution in [0.4, 0.5) is 0 Å². The molecule has 4 rings (SSSR count). The van der Waals surface area contributed by atoms with Crippen molar-refractivity contribution in [3.05, 3.63) is 22.5 Å². The van der Waals surface area contributed by atoms with Crippen molar-refractivity contribution in [1.29, 1.82) is 0 Å². The van der Waals surface area contributed by atoms with E-state index in [4.69, 9.17) is 4.74 Å². The Labute approximate surface area is 196 Å². The first kappa shape index (κ1) is 23.8. The van der Waals surface area contributed by atoms with Gasteiger partial charge >= 0.3 is 5.97 Å².